The predicted molar refractivity (Wildman–Crippen MR) is 58.6 cm³/mol. The van der Waals surface area contributed by atoms with Crippen molar-refractivity contribution in [2.45, 2.75) is 13.0 Å². The zero-order valence-corrected chi connectivity index (χ0v) is 9.57. The summed E-state index contributed by atoms with van der Waals surface area (Å²) in [5.41, 5.74) is 0.659. The molecule has 2 rings (SSSR count). The molecule has 1 atom stereocenters. The van der Waals surface area contributed by atoms with Crippen LogP contribution in [0.2, 0.25) is 0 Å². The van der Waals surface area contributed by atoms with Gasteiger partial charge in [0.2, 0.25) is 0 Å². The number of likely N-dealkylation sites (N-methyl/N-ethyl adjacent to an activating group) is 1. The lowest BCUT2D eigenvalue weighted by atomic mass is 10.1. The lowest BCUT2D eigenvalue weighted by Gasteiger charge is -2.10. The third kappa shape index (κ3) is 1.70. The first-order valence-electron chi connectivity index (χ1n) is 4.95. The van der Waals surface area contributed by atoms with Gasteiger partial charge in [-0.25, -0.2) is 4.31 Å². The average molecular weight is 240 g/mol. The van der Waals surface area contributed by atoms with Crippen molar-refractivity contribution >= 4 is 16.1 Å². The molecule has 1 unspecified atom stereocenters. The average Bonchev–Trinajstić information content (AvgIpc) is 2.50. The summed E-state index contributed by atoms with van der Waals surface area (Å²) >= 11 is 0. The van der Waals surface area contributed by atoms with Crippen molar-refractivity contribution in [2.24, 2.45) is 0 Å². The second-order valence-corrected chi connectivity index (χ2v) is 5.10. The third-order valence-electron chi connectivity index (χ3n) is 2.47. The largest absolute Gasteiger partial charge is 0.304 e. The SMILES string of the molecule is CCN1C(=O)C(c2ccccc2)NS1(=O)=O. The van der Waals surface area contributed by atoms with Crippen LogP contribution in [0.3, 0.4) is 0 Å². The molecule has 16 heavy (non-hydrogen) atoms. The molecule has 6 heteroatoms. The summed E-state index contributed by atoms with van der Waals surface area (Å²) in [7, 11) is -3.65. The fourth-order valence-corrected chi connectivity index (χ4v) is 3.05. The number of nitrogens with zero attached hydrogens (tertiary/aromatic N) is 1. The van der Waals surface area contributed by atoms with Crippen LogP contribution in [0.1, 0.15) is 18.5 Å². The van der Waals surface area contributed by atoms with Crippen LogP contribution in [0.15, 0.2) is 30.3 Å². The molecule has 1 saturated heterocycles. The highest BCUT2D eigenvalue weighted by atomic mass is 32.2. The minimum atomic E-state index is -3.65. The van der Waals surface area contributed by atoms with Gasteiger partial charge in [-0.15, -0.1) is 0 Å². The Bertz CT molecular complexity index is 498. The van der Waals surface area contributed by atoms with E-state index in [-0.39, 0.29) is 6.54 Å². The van der Waals surface area contributed by atoms with Crippen LogP contribution in [-0.4, -0.2) is 25.2 Å². The zero-order valence-electron chi connectivity index (χ0n) is 8.75. The highest BCUT2D eigenvalue weighted by molar-refractivity contribution is 7.88. The van der Waals surface area contributed by atoms with E-state index in [1.807, 2.05) is 6.07 Å². The molecule has 0 radical (unpaired) electrons. The van der Waals surface area contributed by atoms with Crippen LogP contribution >= 0.6 is 0 Å². The van der Waals surface area contributed by atoms with Crippen LogP contribution in [0.4, 0.5) is 0 Å². The summed E-state index contributed by atoms with van der Waals surface area (Å²) in [6.45, 7) is 1.78. The van der Waals surface area contributed by atoms with E-state index in [2.05, 4.69) is 4.72 Å². The molecule has 1 amide bonds. The molecular formula is C10H12N2O3S. The van der Waals surface area contributed by atoms with Crippen molar-refractivity contribution in [2.75, 3.05) is 6.54 Å². The van der Waals surface area contributed by atoms with E-state index in [0.29, 0.717) is 5.56 Å². The van der Waals surface area contributed by atoms with E-state index in [0.717, 1.165) is 4.31 Å². The summed E-state index contributed by atoms with van der Waals surface area (Å²) in [6.07, 6.45) is 0. The maximum atomic E-state index is 11.8. The normalized spacial score (nSPS) is 23.7. The van der Waals surface area contributed by atoms with Gasteiger partial charge in [0.15, 0.2) is 0 Å². The molecule has 1 N–H and O–H groups in total. The topological polar surface area (TPSA) is 66.5 Å². The van der Waals surface area contributed by atoms with Gasteiger partial charge in [-0.2, -0.15) is 13.1 Å². The van der Waals surface area contributed by atoms with Crippen molar-refractivity contribution in [3.63, 3.8) is 0 Å². The Morgan fingerprint density at radius 3 is 2.44 bits per heavy atom. The van der Waals surface area contributed by atoms with Gasteiger partial charge < -0.3 is 0 Å². The van der Waals surface area contributed by atoms with Crippen molar-refractivity contribution in [1.82, 2.24) is 9.03 Å². The summed E-state index contributed by atoms with van der Waals surface area (Å²) < 4.78 is 26.4. The molecule has 0 aromatic heterocycles. The van der Waals surface area contributed by atoms with E-state index in [1.54, 1.807) is 31.2 Å². The Morgan fingerprint density at radius 2 is 1.94 bits per heavy atom. The second-order valence-electron chi connectivity index (χ2n) is 3.47. The molecule has 0 bridgehead atoms. The van der Waals surface area contributed by atoms with Crippen LogP contribution in [0.5, 0.6) is 0 Å². The van der Waals surface area contributed by atoms with Gasteiger partial charge in [-0.3, -0.25) is 4.79 Å². The lowest BCUT2D eigenvalue weighted by molar-refractivity contribution is -0.126. The van der Waals surface area contributed by atoms with Crippen LogP contribution in [0, 0.1) is 0 Å². The molecule has 0 aliphatic carbocycles. The number of rotatable bonds is 2. The van der Waals surface area contributed by atoms with E-state index in [9.17, 15) is 13.2 Å². The van der Waals surface area contributed by atoms with Gasteiger partial charge in [-0.1, -0.05) is 30.3 Å². The highest BCUT2D eigenvalue weighted by Crippen LogP contribution is 2.24. The first-order chi connectivity index (χ1) is 7.56. The highest BCUT2D eigenvalue weighted by Gasteiger charge is 2.42. The van der Waals surface area contributed by atoms with Gasteiger partial charge in [-0.05, 0) is 12.5 Å². The Morgan fingerprint density at radius 1 is 1.31 bits per heavy atom. The van der Waals surface area contributed by atoms with Gasteiger partial charge in [0.05, 0.1) is 0 Å². The Labute approximate surface area is 94.3 Å². The number of carbonyl (C=O) groups is 1. The first kappa shape index (κ1) is 11.1. The second kappa shape index (κ2) is 3.88. The molecule has 1 fully saturated rings. The van der Waals surface area contributed by atoms with Gasteiger partial charge in [0.1, 0.15) is 6.04 Å². The number of amides is 1. The Hall–Kier alpha value is -1.40. The molecule has 1 aliphatic rings. The van der Waals surface area contributed by atoms with Crippen molar-refractivity contribution < 1.29 is 13.2 Å². The molecule has 1 aromatic carbocycles. The minimum absolute atomic E-state index is 0.150. The van der Waals surface area contributed by atoms with Gasteiger partial charge in [0.25, 0.3) is 5.91 Å². The van der Waals surface area contributed by atoms with E-state index in [1.165, 1.54) is 0 Å². The zero-order chi connectivity index (χ0) is 11.8. The number of hydrogen-bond acceptors (Lipinski definition) is 3. The number of hydrogen-bond donors (Lipinski definition) is 1. The van der Waals surface area contributed by atoms with Crippen molar-refractivity contribution in [3.8, 4) is 0 Å². The summed E-state index contributed by atoms with van der Waals surface area (Å²) in [5, 5.41) is 0. The number of carbonyl (C=O) groups excluding carboxylic acids is 1. The van der Waals surface area contributed by atoms with E-state index < -0.39 is 22.2 Å². The fourth-order valence-electron chi connectivity index (χ4n) is 1.71. The first-order valence-corrected chi connectivity index (χ1v) is 6.39. The number of nitrogens with one attached hydrogen (secondary N) is 1. The molecule has 0 spiro atoms. The summed E-state index contributed by atoms with van der Waals surface area (Å²) in [6, 6.07) is 8.02. The number of benzene rings is 1. The van der Waals surface area contributed by atoms with E-state index in [4.69, 9.17) is 0 Å². The van der Waals surface area contributed by atoms with E-state index >= 15 is 0 Å². The molecule has 1 aliphatic heterocycles. The molecule has 5 nitrogen and oxygen atoms in total. The third-order valence-corrected chi connectivity index (χ3v) is 4.02. The van der Waals surface area contributed by atoms with Crippen molar-refractivity contribution in [1.29, 1.82) is 0 Å². The maximum Gasteiger partial charge on any atom is 0.304 e. The van der Waals surface area contributed by atoms with Crippen LogP contribution in [-0.2, 0) is 15.0 Å². The smallest absolute Gasteiger partial charge is 0.271 e. The standard InChI is InChI=1S/C10H12N2O3S/c1-2-12-10(13)9(11-16(12,14)15)8-6-4-3-5-7-8/h3-7,9,11H,2H2,1H3. The summed E-state index contributed by atoms with van der Waals surface area (Å²) in [4.78, 5) is 11.8. The van der Waals surface area contributed by atoms with Crippen LogP contribution < -0.4 is 4.72 Å². The lowest BCUT2D eigenvalue weighted by Crippen LogP contribution is -2.31. The Kier molecular flexibility index (Phi) is 2.69. The van der Waals surface area contributed by atoms with Crippen LogP contribution in [0.25, 0.3) is 0 Å². The monoisotopic (exact) mass is 240 g/mol. The molecular weight excluding hydrogens is 228 g/mol. The molecule has 1 heterocycles. The molecule has 0 saturated carbocycles. The molecule has 1 aromatic rings. The maximum absolute atomic E-state index is 11.8. The Balaban J connectivity index is 2.38. The minimum Gasteiger partial charge on any atom is -0.271 e. The molecule has 86 valence electrons. The van der Waals surface area contributed by atoms with Crippen molar-refractivity contribution in [3.05, 3.63) is 35.9 Å². The van der Waals surface area contributed by atoms with Gasteiger partial charge in [0, 0.05) is 6.54 Å². The predicted octanol–water partition coefficient (Wildman–Crippen LogP) is 0.424. The van der Waals surface area contributed by atoms with Gasteiger partial charge >= 0.3 is 10.2 Å². The summed E-state index contributed by atoms with van der Waals surface area (Å²) in [5.74, 6) is -0.422. The fraction of sp³-hybridized carbons (Fsp3) is 0.300. The quantitative estimate of drug-likeness (QED) is 0.815.